The van der Waals surface area contributed by atoms with Crippen LogP contribution in [0.15, 0.2) is 109 Å². The van der Waals surface area contributed by atoms with Crippen LogP contribution in [0.1, 0.15) is 278 Å². The number of unbranched alkanes of at least 4 members (excludes halogenated alkanes) is 25. The molecule has 0 amide bonds. The minimum absolute atomic E-state index is 0.0812. The van der Waals surface area contributed by atoms with Gasteiger partial charge in [0.1, 0.15) is 13.2 Å². The van der Waals surface area contributed by atoms with E-state index < -0.39 is 6.10 Å². The molecule has 416 valence electrons. The van der Waals surface area contributed by atoms with Crippen LogP contribution in [0.5, 0.6) is 0 Å². The third-order valence-electron chi connectivity index (χ3n) is 12.8. The molecule has 0 spiro atoms. The zero-order valence-electron chi connectivity index (χ0n) is 47.6. The molecule has 0 fully saturated rings. The first-order valence-corrected chi connectivity index (χ1v) is 30.4. The Bertz CT molecular complexity index is 1490. The molecule has 0 aliphatic carbocycles. The topological polar surface area (TPSA) is 78.9 Å². The molecule has 0 aliphatic heterocycles. The second-order valence-electron chi connectivity index (χ2n) is 19.9. The van der Waals surface area contributed by atoms with Gasteiger partial charge in [-0.1, -0.05) is 259 Å². The van der Waals surface area contributed by atoms with Crippen molar-refractivity contribution in [2.45, 2.75) is 284 Å². The highest BCUT2D eigenvalue weighted by atomic mass is 16.6. The maximum absolute atomic E-state index is 12.8. The molecule has 6 heteroatoms. The van der Waals surface area contributed by atoms with Crippen molar-refractivity contribution in [2.24, 2.45) is 0 Å². The molecule has 1 atom stereocenters. The summed E-state index contributed by atoms with van der Waals surface area (Å²) in [5.74, 6) is -0.902. The summed E-state index contributed by atoms with van der Waals surface area (Å²) >= 11 is 0. The van der Waals surface area contributed by atoms with E-state index in [1.54, 1.807) is 0 Å². The summed E-state index contributed by atoms with van der Waals surface area (Å²) in [7, 11) is 0. The maximum Gasteiger partial charge on any atom is 0.306 e. The second kappa shape index (κ2) is 60.6. The van der Waals surface area contributed by atoms with Crippen molar-refractivity contribution in [3.8, 4) is 0 Å². The molecule has 0 N–H and O–H groups in total. The summed E-state index contributed by atoms with van der Waals surface area (Å²) in [6, 6.07) is 0. The Hall–Kier alpha value is -3.93. The fourth-order valence-corrected chi connectivity index (χ4v) is 8.22. The molecule has 0 aromatic heterocycles. The summed E-state index contributed by atoms with van der Waals surface area (Å²) in [4.78, 5) is 37.9. The van der Waals surface area contributed by atoms with Crippen LogP contribution in [0.3, 0.4) is 0 Å². The lowest BCUT2D eigenvalue weighted by Crippen LogP contribution is -2.30. The van der Waals surface area contributed by atoms with Gasteiger partial charge in [-0.25, -0.2) is 0 Å². The number of ether oxygens (including phenoxy) is 3. The summed E-state index contributed by atoms with van der Waals surface area (Å²) in [5.41, 5.74) is 0. The van der Waals surface area contributed by atoms with Crippen molar-refractivity contribution in [1.82, 2.24) is 0 Å². The summed E-state index contributed by atoms with van der Waals surface area (Å²) in [6.45, 7) is 6.45. The third-order valence-corrected chi connectivity index (χ3v) is 12.8. The molecule has 73 heavy (non-hydrogen) atoms. The van der Waals surface area contributed by atoms with Crippen LogP contribution >= 0.6 is 0 Å². The Balaban J connectivity index is 4.05. The lowest BCUT2D eigenvalue weighted by Gasteiger charge is -2.18. The fraction of sp³-hybridized carbons (Fsp3) is 0.687. The second-order valence-corrected chi connectivity index (χ2v) is 19.9. The normalized spacial score (nSPS) is 12.9. The zero-order valence-corrected chi connectivity index (χ0v) is 47.6. The monoisotopic (exact) mass is 1010 g/mol. The van der Waals surface area contributed by atoms with E-state index in [0.717, 1.165) is 122 Å². The van der Waals surface area contributed by atoms with Crippen LogP contribution in [0.25, 0.3) is 0 Å². The number of carbonyl (C=O) groups is 3. The van der Waals surface area contributed by atoms with E-state index in [1.807, 2.05) is 0 Å². The first-order chi connectivity index (χ1) is 36.0. The van der Waals surface area contributed by atoms with E-state index in [-0.39, 0.29) is 31.1 Å². The molecule has 6 nitrogen and oxygen atoms in total. The molecule has 1 unspecified atom stereocenters. The predicted molar refractivity (Wildman–Crippen MR) is 316 cm³/mol. The van der Waals surface area contributed by atoms with Gasteiger partial charge in [-0.15, -0.1) is 0 Å². The van der Waals surface area contributed by atoms with Gasteiger partial charge in [0.15, 0.2) is 6.10 Å². The summed E-state index contributed by atoms with van der Waals surface area (Å²) in [6.07, 6.45) is 82.7. The molecular formula is C67H112O6. The van der Waals surface area contributed by atoms with Crippen molar-refractivity contribution in [1.29, 1.82) is 0 Å². The highest BCUT2D eigenvalue weighted by Gasteiger charge is 2.19. The first-order valence-electron chi connectivity index (χ1n) is 30.4. The van der Waals surface area contributed by atoms with Crippen molar-refractivity contribution in [3.63, 3.8) is 0 Å². The van der Waals surface area contributed by atoms with Gasteiger partial charge in [-0.2, -0.15) is 0 Å². The average Bonchev–Trinajstić information content (AvgIpc) is 3.39. The van der Waals surface area contributed by atoms with Crippen LogP contribution in [0, 0.1) is 0 Å². The number of esters is 3. The molecule has 0 aromatic carbocycles. The number of allylic oxidation sites excluding steroid dienone is 18. The van der Waals surface area contributed by atoms with Crippen molar-refractivity contribution < 1.29 is 28.6 Å². The van der Waals surface area contributed by atoms with Crippen LogP contribution < -0.4 is 0 Å². The fourth-order valence-electron chi connectivity index (χ4n) is 8.22. The van der Waals surface area contributed by atoms with Gasteiger partial charge in [0.2, 0.25) is 0 Å². The molecule has 0 saturated heterocycles. The molecule has 0 aromatic rings. The van der Waals surface area contributed by atoms with E-state index in [4.69, 9.17) is 14.2 Å². The zero-order chi connectivity index (χ0) is 52.9. The molecule has 0 bridgehead atoms. The number of hydrogen-bond donors (Lipinski definition) is 0. The van der Waals surface area contributed by atoms with Crippen LogP contribution in [-0.4, -0.2) is 37.2 Å². The lowest BCUT2D eigenvalue weighted by molar-refractivity contribution is -0.167. The number of rotatable bonds is 54. The Morgan fingerprint density at radius 2 is 0.534 bits per heavy atom. The van der Waals surface area contributed by atoms with Gasteiger partial charge in [0, 0.05) is 19.3 Å². The number of hydrogen-bond acceptors (Lipinski definition) is 6. The standard InChI is InChI=1S/C67H112O6/c1-4-7-10-13-16-18-20-22-24-25-26-27-28-29-30-31-32-33-34-35-36-37-38-39-40-41-42-43-44-46-47-49-51-54-57-60-66(69)72-63-64(62-71-65(68)59-56-53-15-12-9-6-3)73-67(70)61-58-55-52-50-48-45-23-21-19-17-14-11-8-5-2/h7,10,16,18,21-24,26-27,29-30,32-33,35-36,38-39,64H,4-6,8-9,11-15,17,19-20,25,28,31,34,37,40-63H2,1-3H3/b10-7-,18-16-,23-21-,24-22-,27-26-,30-29-,33-32-,36-35-,39-38-. The van der Waals surface area contributed by atoms with E-state index in [2.05, 4.69) is 130 Å². The van der Waals surface area contributed by atoms with E-state index >= 15 is 0 Å². The largest absolute Gasteiger partial charge is 0.462 e. The predicted octanol–water partition coefficient (Wildman–Crippen LogP) is 20.7. The lowest BCUT2D eigenvalue weighted by atomic mass is 10.1. The molecule has 0 rings (SSSR count). The van der Waals surface area contributed by atoms with Crippen molar-refractivity contribution in [2.75, 3.05) is 13.2 Å². The van der Waals surface area contributed by atoms with E-state index in [9.17, 15) is 14.4 Å². The molecule has 0 saturated carbocycles. The molecular weight excluding hydrogens is 901 g/mol. The van der Waals surface area contributed by atoms with Gasteiger partial charge in [0.25, 0.3) is 0 Å². The van der Waals surface area contributed by atoms with Crippen LogP contribution in [-0.2, 0) is 28.6 Å². The van der Waals surface area contributed by atoms with Gasteiger partial charge >= 0.3 is 17.9 Å². The minimum Gasteiger partial charge on any atom is -0.462 e. The summed E-state index contributed by atoms with van der Waals surface area (Å²) < 4.78 is 16.7. The maximum atomic E-state index is 12.8. The molecule has 0 aliphatic rings. The average molecular weight is 1010 g/mol. The third kappa shape index (κ3) is 58.8. The highest BCUT2D eigenvalue weighted by molar-refractivity contribution is 5.71. The minimum atomic E-state index is -0.780. The summed E-state index contributed by atoms with van der Waals surface area (Å²) in [5, 5.41) is 0. The van der Waals surface area contributed by atoms with Gasteiger partial charge < -0.3 is 14.2 Å². The van der Waals surface area contributed by atoms with Gasteiger partial charge in [0.05, 0.1) is 0 Å². The quantitative estimate of drug-likeness (QED) is 0.0261. The Morgan fingerprint density at radius 3 is 0.849 bits per heavy atom. The van der Waals surface area contributed by atoms with E-state index in [1.165, 1.54) is 116 Å². The van der Waals surface area contributed by atoms with Crippen LogP contribution in [0.4, 0.5) is 0 Å². The van der Waals surface area contributed by atoms with Gasteiger partial charge in [-0.3, -0.25) is 14.4 Å². The first kappa shape index (κ1) is 69.1. The van der Waals surface area contributed by atoms with Crippen molar-refractivity contribution in [3.05, 3.63) is 109 Å². The number of carbonyl (C=O) groups excluding carboxylic acids is 3. The smallest absolute Gasteiger partial charge is 0.306 e. The highest BCUT2D eigenvalue weighted by Crippen LogP contribution is 2.15. The SMILES string of the molecule is CC/C=C\C/C=C\C/C=C\C/C=C\C/C=C\C/C=C\C/C=C\C/C=C\CCCCCCCCCCCCC(=O)OCC(COC(=O)CCCCCCCC)OC(=O)CCCCCCC/C=C\CCCCCCC. The Morgan fingerprint density at radius 1 is 0.288 bits per heavy atom. The molecule has 0 radical (unpaired) electrons. The van der Waals surface area contributed by atoms with Crippen molar-refractivity contribution >= 4 is 17.9 Å². The van der Waals surface area contributed by atoms with E-state index in [0.29, 0.717) is 19.3 Å². The van der Waals surface area contributed by atoms with Gasteiger partial charge in [-0.05, 0) is 109 Å². The van der Waals surface area contributed by atoms with Crippen LogP contribution in [0.2, 0.25) is 0 Å². The Labute approximate surface area is 450 Å². The molecule has 0 heterocycles. The Kier molecular flexibility index (Phi) is 57.4.